The first-order valence-electron chi connectivity index (χ1n) is 5.05. The Morgan fingerprint density at radius 2 is 1.62 bits per heavy atom. The van der Waals surface area contributed by atoms with Crippen molar-refractivity contribution in [2.75, 3.05) is 13.2 Å². The molecule has 0 aromatic heterocycles. The molecule has 0 aliphatic carbocycles. The summed E-state index contributed by atoms with van der Waals surface area (Å²) >= 11 is 0. The van der Waals surface area contributed by atoms with E-state index in [2.05, 4.69) is 40.4 Å². The Bertz CT molecular complexity index is 138. The van der Waals surface area contributed by atoms with E-state index in [9.17, 15) is 0 Å². The van der Waals surface area contributed by atoms with Crippen LogP contribution in [0, 0.1) is 0 Å². The minimum absolute atomic E-state index is 0.00278. The van der Waals surface area contributed by atoms with Gasteiger partial charge in [0.2, 0.25) is 0 Å². The molecule has 0 rings (SSSR count). The van der Waals surface area contributed by atoms with E-state index in [-0.39, 0.29) is 5.60 Å². The maximum atomic E-state index is 5.68. The molecule has 0 unspecified atom stereocenters. The van der Waals surface area contributed by atoms with Gasteiger partial charge in [0.25, 0.3) is 0 Å². The van der Waals surface area contributed by atoms with Crippen LogP contribution in [0.4, 0.5) is 0 Å². The Kier molecular flexibility index (Phi) is 5.18. The summed E-state index contributed by atoms with van der Waals surface area (Å²) in [5.74, 6) is 0. The molecule has 2 nitrogen and oxygen atoms in total. The molecule has 0 aromatic carbocycles. The van der Waals surface area contributed by atoms with E-state index in [1.165, 1.54) is 0 Å². The zero-order chi connectivity index (χ0) is 10.5. The van der Waals surface area contributed by atoms with E-state index in [4.69, 9.17) is 9.16 Å². The Hall–Kier alpha value is 0.137. The third kappa shape index (κ3) is 8.47. The summed E-state index contributed by atoms with van der Waals surface area (Å²) in [5.41, 5.74) is 0.00278. The number of hydrogen-bond donors (Lipinski definition) is 0. The second kappa shape index (κ2) is 5.13. The van der Waals surface area contributed by atoms with E-state index in [1.807, 2.05) is 0 Å². The van der Waals surface area contributed by atoms with Gasteiger partial charge in [-0.15, -0.1) is 0 Å². The van der Waals surface area contributed by atoms with Gasteiger partial charge in [-0.2, -0.15) is 0 Å². The summed E-state index contributed by atoms with van der Waals surface area (Å²) in [6.07, 6.45) is 1.04. The van der Waals surface area contributed by atoms with Crippen LogP contribution in [0.3, 0.4) is 0 Å². The highest BCUT2D eigenvalue weighted by Gasteiger charge is 2.17. The van der Waals surface area contributed by atoms with Crippen molar-refractivity contribution >= 4 is 8.32 Å². The molecule has 13 heavy (non-hydrogen) atoms. The van der Waals surface area contributed by atoms with Crippen LogP contribution in [0.5, 0.6) is 0 Å². The van der Waals surface area contributed by atoms with Crippen molar-refractivity contribution in [1.29, 1.82) is 0 Å². The summed E-state index contributed by atoms with van der Waals surface area (Å²) in [5, 5.41) is 0. The molecule has 0 aliphatic heterocycles. The van der Waals surface area contributed by atoms with Gasteiger partial charge in [0.15, 0.2) is 8.32 Å². The molecule has 80 valence electrons. The average Bonchev–Trinajstić information content (AvgIpc) is 1.97. The van der Waals surface area contributed by atoms with E-state index in [0.29, 0.717) is 6.61 Å². The van der Waals surface area contributed by atoms with Crippen molar-refractivity contribution < 1.29 is 9.16 Å². The van der Waals surface area contributed by atoms with Gasteiger partial charge in [-0.25, -0.2) is 0 Å². The predicted molar refractivity (Wildman–Crippen MR) is 59.6 cm³/mol. The highest BCUT2D eigenvalue weighted by Crippen LogP contribution is 2.13. The van der Waals surface area contributed by atoms with Crippen LogP contribution < -0.4 is 0 Å². The SMILES string of the molecule is CCC(C)(C)OCCO[Si](C)(C)C. The zero-order valence-corrected chi connectivity index (χ0v) is 10.9. The molecule has 0 fully saturated rings. The van der Waals surface area contributed by atoms with Crippen LogP contribution in [0.1, 0.15) is 27.2 Å². The fourth-order valence-electron chi connectivity index (χ4n) is 0.768. The van der Waals surface area contributed by atoms with Crippen LogP contribution >= 0.6 is 0 Å². The number of ether oxygens (including phenoxy) is 1. The summed E-state index contributed by atoms with van der Waals surface area (Å²) < 4.78 is 11.4. The number of hydrogen-bond acceptors (Lipinski definition) is 2. The van der Waals surface area contributed by atoms with Crippen molar-refractivity contribution in [3.8, 4) is 0 Å². The first-order chi connectivity index (χ1) is 5.77. The quantitative estimate of drug-likeness (QED) is 0.489. The topological polar surface area (TPSA) is 18.5 Å². The lowest BCUT2D eigenvalue weighted by Gasteiger charge is -2.25. The maximum absolute atomic E-state index is 5.68. The van der Waals surface area contributed by atoms with E-state index in [1.54, 1.807) is 0 Å². The fraction of sp³-hybridized carbons (Fsp3) is 1.00. The first kappa shape index (κ1) is 13.1. The molecule has 0 atom stereocenters. The third-order valence-corrected chi connectivity index (χ3v) is 3.03. The smallest absolute Gasteiger partial charge is 0.183 e. The molecule has 0 bridgehead atoms. The van der Waals surface area contributed by atoms with Crippen LogP contribution in [0.25, 0.3) is 0 Å². The normalized spacial score (nSPS) is 13.4. The highest BCUT2D eigenvalue weighted by molar-refractivity contribution is 6.69. The highest BCUT2D eigenvalue weighted by atomic mass is 28.4. The molecule has 0 aromatic rings. The standard InChI is InChI=1S/C10H24O2Si/c1-7-10(2,3)11-8-9-12-13(4,5)6/h7-9H2,1-6H3. The van der Waals surface area contributed by atoms with Crippen LogP contribution in [-0.4, -0.2) is 27.1 Å². The van der Waals surface area contributed by atoms with Crippen molar-refractivity contribution in [1.82, 2.24) is 0 Å². The fourth-order valence-corrected chi connectivity index (χ4v) is 1.46. The Morgan fingerprint density at radius 1 is 1.08 bits per heavy atom. The molecular weight excluding hydrogens is 180 g/mol. The second-order valence-electron chi connectivity index (χ2n) is 4.92. The van der Waals surface area contributed by atoms with Crippen molar-refractivity contribution in [2.24, 2.45) is 0 Å². The van der Waals surface area contributed by atoms with Gasteiger partial charge in [-0.1, -0.05) is 6.92 Å². The average molecular weight is 204 g/mol. The van der Waals surface area contributed by atoms with E-state index >= 15 is 0 Å². The van der Waals surface area contributed by atoms with E-state index in [0.717, 1.165) is 13.0 Å². The molecule has 0 saturated heterocycles. The van der Waals surface area contributed by atoms with Gasteiger partial charge in [0.1, 0.15) is 0 Å². The van der Waals surface area contributed by atoms with Crippen LogP contribution in [0.15, 0.2) is 0 Å². The summed E-state index contributed by atoms with van der Waals surface area (Å²) in [7, 11) is -1.34. The van der Waals surface area contributed by atoms with Gasteiger partial charge >= 0.3 is 0 Å². The van der Waals surface area contributed by atoms with Crippen molar-refractivity contribution in [2.45, 2.75) is 52.4 Å². The molecule has 0 radical (unpaired) electrons. The molecule has 3 heteroatoms. The van der Waals surface area contributed by atoms with Gasteiger partial charge in [-0.3, -0.25) is 0 Å². The van der Waals surface area contributed by atoms with Gasteiger partial charge < -0.3 is 9.16 Å². The molecule has 0 amide bonds. The van der Waals surface area contributed by atoms with Gasteiger partial charge in [-0.05, 0) is 39.9 Å². The third-order valence-electron chi connectivity index (χ3n) is 1.96. The van der Waals surface area contributed by atoms with Crippen LogP contribution in [0.2, 0.25) is 19.6 Å². The molecule has 0 aliphatic rings. The summed E-state index contributed by atoms with van der Waals surface area (Å²) in [4.78, 5) is 0. The van der Waals surface area contributed by atoms with Crippen LogP contribution in [-0.2, 0) is 9.16 Å². The molecular formula is C10H24O2Si. The maximum Gasteiger partial charge on any atom is 0.183 e. The molecule has 0 spiro atoms. The zero-order valence-electron chi connectivity index (χ0n) is 9.94. The summed E-state index contributed by atoms with van der Waals surface area (Å²) in [6, 6.07) is 0. The van der Waals surface area contributed by atoms with Crippen molar-refractivity contribution in [3.05, 3.63) is 0 Å². The first-order valence-corrected chi connectivity index (χ1v) is 8.45. The largest absolute Gasteiger partial charge is 0.415 e. The molecule has 0 N–H and O–H groups in total. The minimum atomic E-state index is -1.34. The van der Waals surface area contributed by atoms with E-state index < -0.39 is 8.32 Å². The predicted octanol–water partition coefficient (Wildman–Crippen LogP) is 3.04. The second-order valence-corrected chi connectivity index (χ2v) is 9.44. The van der Waals surface area contributed by atoms with Gasteiger partial charge in [0, 0.05) is 0 Å². The lowest BCUT2D eigenvalue weighted by molar-refractivity contribution is -0.0326. The van der Waals surface area contributed by atoms with Gasteiger partial charge in [0.05, 0.1) is 18.8 Å². The number of rotatable bonds is 6. The Morgan fingerprint density at radius 3 is 2.00 bits per heavy atom. The van der Waals surface area contributed by atoms with Crippen molar-refractivity contribution in [3.63, 3.8) is 0 Å². The lowest BCUT2D eigenvalue weighted by atomic mass is 10.1. The minimum Gasteiger partial charge on any atom is -0.415 e. The molecule has 0 heterocycles. The summed E-state index contributed by atoms with van der Waals surface area (Å²) in [6.45, 7) is 14.4. The lowest BCUT2D eigenvalue weighted by Crippen LogP contribution is -2.30. The Labute approximate surface area is 83.8 Å². The Balaban J connectivity index is 3.47. The monoisotopic (exact) mass is 204 g/mol. The molecule has 0 saturated carbocycles.